The van der Waals surface area contributed by atoms with Crippen LogP contribution in [0.15, 0.2) is 48.0 Å². The van der Waals surface area contributed by atoms with Crippen molar-refractivity contribution in [2.24, 2.45) is 0 Å². The maximum Gasteiger partial charge on any atom is 0.228 e. The molecule has 1 atom stereocenters. The van der Waals surface area contributed by atoms with Gasteiger partial charge in [-0.25, -0.2) is 9.97 Å². The molecule has 6 heteroatoms. The van der Waals surface area contributed by atoms with E-state index in [2.05, 4.69) is 21.4 Å². The van der Waals surface area contributed by atoms with Gasteiger partial charge in [0.05, 0.1) is 17.0 Å². The normalized spacial score (nSPS) is 17.1. The van der Waals surface area contributed by atoms with E-state index >= 15 is 0 Å². The predicted octanol–water partition coefficient (Wildman–Crippen LogP) is 3.86. The third-order valence-corrected chi connectivity index (χ3v) is 5.74. The van der Waals surface area contributed by atoms with Crippen LogP contribution in [0, 0.1) is 6.92 Å². The Kier molecular flexibility index (Phi) is 5.25. The SMILES string of the molecule is Cc1cc(-c2cccs2)nc(C2CCCN(C(=O)Cc3ccccn3)C2)n1. The molecule has 5 nitrogen and oxygen atoms in total. The van der Waals surface area contributed by atoms with Crippen molar-refractivity contribution < 1.29 is 4.79 Å². The van der Waals surface area contributed by atoms with Gasteiger partial charge in [0.1, 0.15) is 5.82 Å². The fraction of sp³-hybridized carbons (Fsp3) is 0.333. The lowest BCUT2D eigenvalue weighted by atomic mass is 9.96. The summed E-state index contributed by atoms with van der Waals surface area (Å²) in [6.07, 6.45) is 4.07. The fourth-order valence-electron chi connectivity index (χ4n) is 3.51. The van der Waals surface area contributed by atoms with E-state index in [1.807, 2.05) is 42.2 Å². The van der Waals surface area contributed by atoms with Crippen molar-refractivity contribution >= 4 is 17.2 Å². The number of likely N-dealkylation sites (tertiary alicyclic amines) is 1. The Balaban J connectivity index is 1.50. The zero-order valence-electron chi connectivity index (χ0n) is 15.3. The molecule has 0 bridgehead atoms. The number of pyridine rings is 1. The van der Waals surface area contributed by atoms with E-state index in [1.54, 1.807) is 17.5 Å². The molecule has 0 saturated carbocycles. The molecule has 1 unspecified atom stereocenters. The van der Waals surface area contributed by atoms with Crippen LogP contribution in [0.2, 0.25) is 0 Å². The van der Waals surface area contributed by atoms with E-state index in [9.17, 15) is 4.79 Å². The summed E-state index contributed by atoms with van der Waals surface area (Å²) in [4.78, 5) is 29.6. The lowest BCUT2D eigenvalue weighted by Gasteiger charge is -2.32. The van der Waals surface area contributed by atoms with E-state index in [1.165, 1.54) is 0 Å². The van der Waals surface area contributed by atoms with Gasteiger partial charge >= 0.3 is 0 Å². The van der Waals surface area contributed by atoms with E-state index in [-0.39, 0.29) is 11.8 Å². The Labute approximate surface area is 163 Å². The molecule has 1 fully saturated rings. The molecular formula is C21H22N4OS. The number of amides is 1. The van der Waals surface area contributed by atoms with Gasteiger partial charge in [0.15, 0.2) is 0 Å². The first-order valence-electron chi connectivity index (χ1n) is 9.26. The second-order valence-electron chi connectivity index (χ2n) is 6.91. The highest BCUT2D eigenvalue weighted by Crippen LogP contribution is 2.29. The van der Waals surface area contributed by atoms with Gasteiger partial charge in [-0.3, -0.25) is 9.78 Å². The first-order valence-corrected chi connectivity index (χ1v) is 10.1. The van der Waals surface area contributed by atoms with Crippen LogP contribution in [0.4, 0.5) is 0 Å². The van der Waals surface area contributed by atoms with Crippen LogP contribution in [0.1, 0.15) is 36.0 Å². The van der Waals surface area contributed by atoms with Gasteiger partial charge in [-0.15, -0.1) is 11.3 Å². The van der Waals surface area contributed by atoms with Crippen molar-refractivity contribution in [2.45, 2.75) is 32.1 Å². The number of piperidine rings is 1. The summed E-state index contributed by atoms with van der Waals surface area (Å²) in [6.45, 7) is 3.49. The van der Waals surface area contributed by atoms with Crippen LogP contribution in [-0.2, 0) is 11.2 Å². The average Bonchev–Trinajstić information content (AvgIpc) is 3.23. The summed E-state index contributed by atoms with van der Waals surface area (Å²) < 4.78 is 0. The summed E-state index contributed by atoms with van der Waals surface area (Å²) in [5, 5.41) is 2.06. The third kappa shape index (κ3) is 4.22. The van der Waals surface area contributed by atoms with Crippen LogP contribution in [0.3, 0.4) is 0 Å². The number of nitrogens with zero attached hydrogens (tertiary/aromatic N) is 4. The van der Waals surface area contributed by atoms with Gasteiger partial charge in [-0.1, -0.05) is 12.1 Å². The molecule has 0 aliphatic carbocycles. The molecule has 0 radical (unpaired) electrons. The molecule has 4 rings (SSSR count). The Morgan fingerprint density at radius 3 is 2.96 bits per heavy atom. The lowest BCUT2D eigenvalue weighted by molar-refractivity contribution is -0.131. The largest absolute Gasteiger partial charge is 0.342 e. The van der Waals surface area contributed by atoms with Crippen molar-refractivity contribution in [1.82, 2.24) is 19.9 Å². The smallest absolute Gasteiger partial charge is 0.228 e. The fourth-order valence-corrected chi connectivity index (χ4v) is 4.19. The van der Waals surface area contributed by atoms with Crippen LogP contribution < -0.4 is 0 Å². The molecule has 0 aromatic carbocycles. The molecule has 1 aliphatic rings. The first-order chi connectivity index (χ1) is 13.2. The molecule has 27 heavy (non-hydrogen) atoms. The van der Waals surface area contributed by atoms with Gasteiger partial charge in [0.2, 0.25) is 5.91 Å². The van der Waals surface area contributed by atoms with E-state index in [4.69, 9.17) is 4.98 Å². The van der Waals surface area contributed by atoms with Gasteiger partial charge in [0.25, 0.3) is 0 Å². The monoisotopic (exact) mass is 378 g/mol. The van der Waals surface area contributed by atoms with Crippen LogP contribution >= 0.6 is 11.3 Å². The second-order valence-corrected chi connectivity index (χ2v) is 7.85. The Hall–Kier alpha value is -2.60. The number of rotatable bonds is 4. The maximum atomic E-state index is 12.7. The third-order valence-electron chi connectivity index (χ3n) is 4.84. The predicted molar refractivity (Wildman–Crippen MR) is 107 cm³/mol. The number of carbonyl (C=O) groups excluding carboxylic acids is 1. The minimum Gasteiger partial charge on any atom is -0.342 e. The van der Waals surface area contributed by atoms with Crippen molar-refractivity contribution in [1.29, 1.82) is 0 Å². The standard InChI is InChI=1S/C21H22N4OS/c1-15-12-18(19-8-5-11-27-19)24-21(23-15)16-6-4-10-25(14-16)20(26)13-17-7-2-3-9-22-17/h2-3,5,7-9,11-12,16H,4,6,10,13-14H2,1H3. The Morgan fingerprint density at radius 1 is 1.26 bits per heavy atom. The first kappa shape index (κ1) is 17.8. The lowest BCUT2D eigenvalue weighted by Crippen LogP contribution is -2.40. The zero-order chi connectivity index (χ0) is 18.6. The molecule has 0 spiro atoms. The molecule has 138 valence electrons. The highest BCUT2D eigenvalue weighted by Gasteiger charge is 2.27. The number of hydrogen-bond donors (Lipinski definition) is 0. The number of aryl methyl sites for hydroxylation is 1. The minimum atomic E-state index is 0.129. The van der Waals surface area contributed by atoms with E-state index in [0.29, 0.717) is 13.0 Å². The van der Waals surface area contributed by atoms with Crippen molar-refractivity contribution in [3.8, 4) is 10.6 Å². The average molecular weight is 379 g/mol. The summed E-state index contributed by atoms with van der Waals surface area (Å²) in [7, 11) is 0. The van der Waals surface area contributed by atoms with Gasteiger partial charge in [0, 0.05) is 36.6 Å². The Bertz CT molecular complexity index is 911. The van der Waals surface area contributed by atoms with Gasteiger partial charge < -0.3 is 4.90 Å². The molecule has 4 heterocycles. The van der Waals surface area contributed by atoms with Gasteiger partial charge in [-0.05, 0) is 49.4 Å². The zero-order valence-corrected chi connectivity index (χ0v) is 16.2. The molecule has 0 N–H and O–H groups in total. The quantitative estimate of drug-likeness (QED) is 0.692. The molecule has 3 aromatic heterocycles. The van der Waals surface area contributed by atoms with Crippen molar-refractivity contribution in [2.75, 3.05) is 13.1 Å². The summed E-state index contributed by atoms with van der Waals surface area (Å²) in [5.41, 5.74) is 2.76. The van der Waals surface area contributed by atoms with Crippen molar-refractivity contribution in [3.63, 3.8) is 0 Å². The maximum absolute atomic E-state index is 12.7. The number of aromatic nitrogens is 3. The summed E-state index contributed by atoms with van der Waals surface area (Å²) in [5.74, 6) is 1.17. The molecule has 1 aliphatic heterocycles. The van der Waals surface area contributed by atoms with E-state index in [0.717, 1.165) is 47.2 Å². The van der Waals surface area contributed by atoms with Crippen LogP contribution in [0.25, 0.3) is 10.6 Å². The summed E-state index contributed by atoms with van der Waals surface area (Å²) in [6, 6.07) is 11.8. The molecule has 1 saturated heterocycles. The number of carbonyl (C=O) groups is 1. The number of thiophene rings is 1. The number of hydrogen-bond acceptors (Lipinski definition) is 5. The van der Waals surface area contributed by atoms with E-state index < -0.39 is 0 Å². The Morgan fingerprint density at radius 2 is 2.19 bits per heavy atom. The molecule has 3 aromatic rings. The minimum absolute atomic E-state index is 0.129. The van der Waals surface area contributed by atoms with Crippen LogP contribution in [-0.4, -0.2) is 38.8 Å². The van der Waals surface area contributed by atoms with Gasteiger partial charge in [-0.2, -0.15) is 0 Å². The highest BCUT2D eigenvalue weighted by atomic mass is 32.1. The topological polar surface area (TPSA) is 59.0 Å². The van der Waals surface area contributed by atoms with Crippen molar-refractivity contribution in [3.05, 3.63) is 65.2 Å². The highest BCUT2D eigenvalue weighted by molar-refractivity contribution is 7.13. The summed E-state index contributed by atoms with van der Waals surface area (Å²) >= 11 is 1.69. The molecular weight excluding hydrogens is 356 g/mol. The molecule has 1 amide bonds. The second kappa shape index (κ2) is 7.96. The van der Waals surface area contributed by atoms with Crippen LogP contribution in [0.5, 0.6) is 0 Å².